The number of Topliss-reactive ketones (excluding diaryl/α,β-unsaturated/α-hetero) is 1. The van der Waals surface area contributed by atoms with Crippen molar-refractivity contribution in [2.24, 2.45) is 0 Å². The summed E-state index contributed by atoms with van der Waals surface area (Å²) in [6, 6.07) is 3.01. The largest absolute Gasteiger partial charge is 0.364 e. The fourth-order valence-electron chi connectivity index (χ4n) is 0.811. The van der Waals surface area contributed by atoms with Gasteiger partial charge in [-0.15, -0.1) is 11.3 Å². The lowest BCUT2D eigenvalue weighted by Crippen LogP contribution is -2.37. The van der Waals surface area contributed by atoms with E-state index in [0.29, 0.717) is 4.88 Å². The van der Waals surface area contributed by atoms with Crippen LogP contribution >= 0.6 is 11.3 Å². The molecule has 0 saturated carbocycles. The highest BCUT2D eigenvalue weighted by Crippen LogP contribution is 2.26. The molecule has 0 unspecified atom stereocenters. The molecule has 1 aromatic rings. The van der Waals surface area contributed by atoms with Crippen LogP contribution in [0, 0.1) is 0 Å². The normalized spacial score (nSPS) is 12.1. The van der Waals surface area contributed by atoms with Crippen LogP contribution in [0.25, 0.3) is 0 Å². The van der Waals surface area contributed by atoms with Crippen molar-refractivity contribution in [3.63, 3.8) is 0 Å². The van der Waals surface area contributed by atoms with Crippen molar-refractivity contribution < 1.29 is 22.4 Å². The van der Waals surface area contributed by atoms with Crippen LogP contribution in [0.2, 0.25) is 0 Å². The quantitative estimate of drug-likeness (QED) is 0.721. The Morgan fingerprint density at radius 2 is 2.14 bits per heavy atom. The molecule has 1 nitrogen and oxygen atoms in total. The molecule has 78 valence electrons. The lowest BCUT2D eigenvalue weighted by Gasteiger charge is -2.12. The minimum absolute atomic E-state index is 0.357. The molecule has 0 atom stereocenters. The van der Waals surface area contributed by atoms with Crippen molar-refractivity contribution in [2.75, 3.05) is 0 Å². The zero-order chi connectivity index (χ0) is 10.8. The molecule has 1 heterocycles. The maximum atomic E-state index is 12.4. The number of carbonyl (C=O) groups is 1. The summed E-state index contributed by atoms with van der Waals surface area (Å²) in [5.41, 5.74) is 0. The van der Waals surface area contributed by atoms with Gasteiger partial charge in [0.15, 0.2) is 0 Å². The van der Waals surface area contributed by atoms with E-state index in [1.54, 1.807) is 11.4 Å². The second-order valence-corrected chi connectivity index (χ2v) is 3.64. The highest BCUT2D eigenvalue weighted by atomic mass is 32.1. The number of hydrogen-bond acceptors (Lipinski definition) is 2. The summed E-state index contributed by atoms with van der Waals surface area (Å²) in [4.78, 5) is 11.1. The van der Waals surface area contributed by atoms with Crippen LogP contribution in [-0.4, -0.2) is 18.1 Å². The average molecular weight is 226 g/mol. The third-order valence-electron chi connectivity index (χ3n) is 1.56. The first kappa shape index (κ1) is 11.2. The van der Waals surface area contributed by atoms with Crippen molar-refractivity contribution in [1.29, 1.82) is 0 Å². The molecule has 0 aliphatic rings. The standard InChI is InChI=1S/C8H6F4OS/c9-7(10)8(11,12)6(13)4-5-2-1-3-14-5/h1-3,7H,4H2. The number of ketones is 1. The first-order chi connectivity index (χ1) is 6.44. The molecule has 14 heavy (non-hydrogen) atoms. The molecule has 0 fully saturated rings. The molecule has 1 rings (SSSR count). The Hall–Kier alpha value is -0.910. The molecule has 0 N–H and O–H groups in total. The average Bonchev–Trinajstić information content (AvgIpc) is 2.56. The Kier molecular flexibility index (Phi) is 3.25. The van der Waals surface area contributed by atoms with Crippen LogP contribution in [0.1, 0.15) is 4.88 Å². The van der Waals surface area contributed by atoms with Gasteiger partial charge in [-0.2, -0.15) is 8.78 Å². The van der Waals surface area contributed by atoms with Gasteiger partial charge in [-0.3, -0.25) is 4.79 Å². The van der Waals surface area contributed by atoms with Gasteiger partial charge in [0.1, 0.15) is 0 Å². The van der Waals surface area contributed by atoms with Crippen molar-refractivity contribution in [2.45, 2.75) is 18.8 Å². The molecule has 0 aliphatic heterocycles. The zero-order valence-electron chi connectivity index (χ0n) is 6.84. The minimum atomic E-state index is -4.54. The van der Waals surface area contributed by atoms with Gasteiger partial charge in [-0.05, 0) is 11.4 Å². The van der Waals surface area contributed by atoms with E-state index >= 15 is 0 Å². The molecule has 0 aromatic carbocycles. The molecule has 0 bridgehead atoms. The number of halogens is 4. The Bertz CT molecular complexity index is 307. The molecule has 0 saturated heterocycles. The van der Waals surface area contributed by atoms with Gasteiger partial charge in [-0.25, -0.2) is 8.78 Å². The van der Waals surface area contributed by atoms with E-state index in [0.717, 1.165) is 11.3 Å². The fraction of sp³-hybridized carbons (Fsp3) is 0.375. The zero-order valence-corrected chi connectivity index (χ0v) is 7.66. The van der Waals surface area contributed by atoms with Crippen LogP contribution in [0.4, 0.5) is 17.6 Å². The maximum Gasteiger partial charge on any atom is 0.364 e. The second kappa shape index (κ2) is 4.08. The first-order valence-electron chi connectivity index (χ1n) is 3.66. The summed E-state index contributed by atoms with van der Waals surface area (Å²) in [6.07, 6.45) is -4.58. The van der Waals surface area contributed by atoms with Crippen LogP contribution in [-0.2, 0) is 11.2 Å². The van der Waals surface area contributed by atoms with E-state index in [2.05, 4.69) is 0 Å². The third kappa shape index (κ3) is 2.31. The summed E-state index contributed by atoms with van der Waals surface area (Å²) >= 11 is 1.08. The Morgan fingerprint density at radius 1 is 1.50 bits per heavy atom. The molecule has 0 amide bonds. The fourth-order valence-corrected chi connectivity index (χ4v) is 1.51. The topological polar surface area (TPSA) is 17.1 Å². The maximum absolute atomic E-state index is 12.4. The second-order valence-electron chi connectivity index (χ2n) is 2.60. The van der Waals surface area contributed by atoms with E-state index in [1.807, 2.05) is 0 Å². The monoisotopic (exact) mass is 226 g/mol. The molecular weight excluding hydrogens is 220 g/mol. The predicted molar refractivity (Wildman–Crippen MR) is 44.0 cm³/mol. The number of hydrogen-bond donors (Lipinski definition) is 0. The Morgan fingerprint density at radius 3 is 2.57 bits per heavy atom. The number of rotatable bonds is 4. The van der Waals surface area contributed by atoms with Gasteiger partial charge in [-0.1, -0.05) is 6.07 Å². The van der Waals surface area contributed by atoms with Crippen LogP contribution in [0.3, 0.4) is 0 Å². The summed E-state index contributed by atoms with van der Waals surface area (Å²) in [6.45, 7) is 0. The molecule has 0 radical (unpaired) electrons. The van der Waals surface area contributed by atoms with Gasteiger partial charge in [0.25, 0.3) is 0 Å². The van der Waals surface area contributed by atoms with Gasteiger partial charge >= 0.3 is 12.3 Å². The number of carbonyl (C=O) groups excluding carboxylic acids is 1. The highest BCUT2D eigenvalue weighted by molar-refractivity contribution is 7.10. The van der Waals surface area contributed by atoms with Crippen molar-refractivity contribution in [1.82, 2.24) is 0 Å². The van der Waals surface area contributed by atoms with Gasteiger partial charge in [0.2, 0.25) is 5.78 Å². The summed E-state index contributed by atoms with van der Waals surface area (Å²) < 4.78 is 48.3. The molecular formula is C8H6F4OS. The van der Waals surface area contributed by atoms with E-state index in [9.17, 15) is 22.4 Å². The first-order valence-corrected chi connectivity index (χ1v) is 4.54. The third-order valence-corrected chi connectivity index (χ3v) is 2.44. The SMILES string of the molecule is O=C(Cc1cccs1)C(F)(F)C(F)F. The number of thiophene rings is 1. The molecule has 0 aliphatic carbocycles. The predicted octanol–water partition coefficient (Wildman–Crippen LogP) is 2.76. The van der Waals surface area contributed by atoms with E-state index < -0.39 is 24.6 Å². The van der Waals surface area contributed by atoms with Gasteiger partial charge < -0.3 is 0 Å². The van der Waals surface area contributed by atoms with Gasteiger partial charge in [0.05, 0.1) is 0 Å². The van der Waals surface area contributed by atoms with E-state index in [-0.39, 0.29) is 0 Å². The molecule has 0 spiro atoms. The lowest BCUT2D eigenvalue weighted by molar-refractivity contribution is -0.166. The highest BCUT2D eigenvalue weighted by Gasteiger charge is 2.48. The smallest absolute Gasteiger partial charge is 0.292 e. The Balaban J connectivity index is 2.67. The van der Waals surface area contributed by atoms with E-state index in [4.69, 9.17) is 0 Å². The molecule has 6 heteroatoms. The lowest BCUT2D eigenvalue weighted by atomic mass is 10.1. The van der Waals surface area contributed by atoms with Crippen molar-refractivity contribution in [3.05, 3.63) is 22.4 Å². The van der Waals surface area contributed by atoms with Crippen molar-refractivity contribution in [3.8, 4) is 0 Å². The van der Waals surface area contributed by atoms with Gasteiger partial charge in [0, 0.05) is 11.3 Å². The van der Waals surface area contributed by atoms with Crippen molar-refractivity contribution >= 4 is 17.1 Å². The van der Waals surface area contributed by atoms with E-state index in [1.165, 1.54) is 6.07 Å². The number of alkyl halides is 4. The van der Waals surface area contributed by atoms with Crippen LogP contribution < -0.4 is 0 Å². The minimum Gasteiger partial charge on any atom is -0.292 e. The van der Waals surface area contributed by atoms with Crippen LogP contribution in [0.15, 0.2) is 17.5 Å². The molecule has 1 aromatic heterocycles. The summed E-state index contributed by atoms with van der Waals surface area (Å²) in [5, 5.41) is 1.59. The van der Waals surface area contributed by atoms with Crippen LogP contribution in [0.5, 0.6) is 0 Å². The summed E-state index contributed by atoms with van der Waals surface area (Å²) in [7, 11) is 0. The summed E-state index contributed by atoms with van der Waals surface area (Å²) in [5.74, 6) is -6.28. The Labute approximate surface area is 81.4 Å².